The smallest absolute Gasteiger partial charge is 0.227 e. The molecule has 170 valence electrons. The van der Waals surface area contributed by atoms with Gasteiger partial charge in [-0.1, -0.05) is 11.6 Å². The minimum Gasteiger partial charge on any atom is -0.394 e. The number of piperidine rings is 1. The average molecular weight is 475 g/mol. The molecular formula is C22H27ClN6O2S. The zero-order valence-corrected chi connectivity index (χ0v) is 19.8. The van der Waals surface area contributed by atoms with E-state index in [1.807, 2.05) is 13.8 Å². The quantitative estimate of drug-likeness (QED) is 0.681. The molecule has 0 spiro atoms. The summed E-state index contributed by atoms with van der Waals surface area (Å²) in [6.07, 6.45) is 6.85. The Labute approximate surface area is 194 Å². The van der Waals surface area contributed by atoms with Crippen LogP contribution in [0.2, 0.25) is 5.02 Å². The van der Waals surface area contributed by atoms with E-state index in [-0.39, 0.29) is 16.9 Å². The highest BCUT2D eigenvalue weighted by Gasteiger charge is 2.58. The lowest BCUT2D eigenvalue weighted by atomic mass is 9.77. The van der Waals surface area contributed by atoms with Crippen LogP contribution in [0.1, 0.15) is 50.5 Å². The highest BCUT2D eigenvalue weighted by molar-refractivity contribution is 7.87. The van der Waals surface area contributed by atoms with Crippen LogP contribution in [-0.2, 0) is 17.2 Å². The minimum absolute atomic E-state index is 0.0494. The Morgan fingerprint density at radius 1 is 1.22 bits per heavy atom. The van der Waals surface area contributed by atoms with Gasteiger partial charge in [-0.05, 0) is 44.9 Å². The van der Waals surface area contributed by atoms with Gasteiger partial charge in [-0.3, -0.25) is 4.21 Å². The van der Waals surface area contributed by atoms with Gasteiger partial charge < -0.3 is 15.3 Å². The Kier molecular flexibility index (Phi) is 4.59. The van der Waals surface area contributed by atoms with Gasteiger partial charge in [0.2, 0.25) is 5.95 Å². The Bertz CT molecular complexity index is 1090. The minimum atomic E-state index is -1.19. The molecule has 8 nitrogen and oxygen atoms in total. The van der Waals surface area contributed by atoms with Crippen molar-refractivity contribution in [1.82, 2.24) is 19.9 Å². The third-order valence-corrected chi connectivity index (χ3v) is 9.76. The van der Waals surface area contributed by atoms with Crippen LogP contribution in [0.15, 0.2) is 17.3 Å². The van der Waals surface area contributed by atoms with E-state index >= 15 is 0 Å². The second-order valence-electron chi connectivity index (χ2n) is 10.3. The molecule has 10 heteroatoms. The number of aliphatic hydroxyl groups excluding tert-OH is 1. The van der Waals surface area contributed by atoms with Crippen molar-refractivity contribution < 1.29 is 9.32 Å². The van der Waals surface area contributed by atoms with Crippen molar-refractivity contribution in [2.75, 3.05) is 29.9 Å². The van der Waals surface area contributed by atoms with Gasteiger partial charge in [-0.25, -0.2) is 15.0 Å². The van der Waals surface area contributed by atoms with E-state index in [1.165, 1.54) is 0 Å². The summed E-state index contributed by atoms with van der Waals surface area (Å²) in [6.45, 7) is 5.80. The van der Waals surface area contributed by atoms with Crippen LogP contribution in [-0.4, -0.2) is 59.2 Å². The lowest BCUT2D eigenvalue weighted by Gasteiger charge is -2.41. The SMILES string of the molecule is CC1(C)Cc2nc(N3CC4C(C3)C4c3ncc(Cl)cn3)nc(NC3(CO)CCC3)c2[S@@]1=O. The molecule has 0 bridgehead atoms. The number of fused-ring (bicyclic) bond motifs is 2. The van der Waals surface area contributed by atoms with Crippen molar-refractivity contribution in [2.24, 2.45) is 11.8 Å². The number of halogens is 1. The van der Waals surface area contributed by atoms with Gasteiger partial charge in [0.15, 0.2) is 0 Å². The van der Waals surface area contributed by atoms with E-state index in [0.29, 0.717) is 41.0 Å². The summed E-state index contributed by atoms with van der Waals surface area (Å²) in [5.74, 6) is 3.55. The molecule has 0 radical (unpaired) electrons. The van der Waals surface area contributed by atoms with Gasteiger partial charge in [0.05, 0.1) is 38.4 Å². The van der Waals surface area contributed by atoms with E-state index in [1.54, 1.807) is 12.4 Å². The fourth-order valence-electron chi connectivity index (χ4n) is 5.51. The second-order valence-corrected chi connectivity index (χ2v) is 12.8. The zero-order valence-electron chi connectivity index (χ0n) is 18.2. The normalized spacial score (nSPS) is 31.1. The van der Waals surface area contributed by atoms with Gasteiger partial charge in [-0.15, -0.1) is 0 Å². The van der Waals surface area contributed by atoms with E-state index in [9.17, 15) is 9.32 Å². The summed E-state index contributed by atoms with van der Waals surface area (Å²) in [4.78, 5) is 21.5. The molecule has 0 amide bonds. The summed E-state index contributed by atoms with van der Waals surface area (Å²) in [7, 11) is -1.19. The first-order valence-corrected chi connectivity index (χ1v) is 12.8. The van der Waals surface area contributed by atoms with E-state index in [0.717, 1.165) is 48.8 Å². The van der Waals surface area contributed by atoms with Crippen LogP contribution in [0.4, 0.5) is 11.8 Å². The monoisotopic (exact) mass is 474 g/mol. The van der Waals surface area contributed by atoms with Crippen LogP contribution in [0, 0.1) is 11.8 Å². The maximum absolute atomic E-state index is 13.2. The Morgan fingerprint density at radius 2 is 1.91 bits per heavy atom. The number of nitrogens with one attached hydrogen (secondary N) is 1. The summed E-state index contributed by atoms with van der Waals surface area (Å²) in [5, 5.41) is 14.0. The van der Waals surface area contributed by atoms with Gasteiger partial charge in [0.25, 0.3) is 0 Å². The lowest BCUT2D eigenvalue weighted by molar-refractivity contribution is 0.143. The van der Waals surface area contributed by atoms with E-state index in [4.69, 9.17) is 21.6 Å². The van der Waals surface area contributed by atoms with Crippen LogP contribution in [0.3, 0.4) is 0 Å². The third-order valence-electron chi connectivity index (χ3n) is 7.62. The van der Waals surface area contributed by atoms with Gasteiger partial charge in [0.1, 0.15) is 16.5 Å². The van der Waals surface area contributed by atoms with Gasteiger partial charge >= 0.3 is 0 Å². The number of aromatic nitrogens is 4. The summed E-state index contributed by atoms with van der Waals surface area (Å²) >= 11 is 5.93. The number of hydrogen-bond donors (Lipinski definition) is 2. The zero-order chi connectivity index (χ0) is 22.3. The second kappa shape index (κ2) is 7.08. The first-order valence-electron chi connectivity index (χ1n) is 11.2. The summed E-state index contributed by atoms with van der Waals surface area (Å²) in [5.41, 5.74) is 0.506. The topological polar surface area (TPSA) is 104 Å². The Hall–Kier alpha value is -1.84. The number of rotatable bonds is 5. The lowest BCUT2D eigenvalue weighted by Crippen LogP contribution is -2.48. The Balaban J connectivity index is 1.28. The standard InChI is InChI=1S/C22H27ClN6O2S/c1-21(2)6-15-17(32(21)31)19(28-22(11-30)4-3-5-22)27-20(26-15)29-9-13-14(10-29)16(13)18-24-7-12(23)8-25-18/h7-8,13-14,16,30H,3-6,9-11H2,1-2H3,(H,26,27,28)/t13?,14?,16?,32-/m0/s1. The van der Waals surface area contributed by atoms with Gasteiger partial charge in [0, 0.05) is 37.8 Å². The molecule has 2 aliphatic heterocycles. The van der Waals surface area contributed by atoms with Crippen LogP contribution >= 0.6 is 11.6 Å². The first kappa shape index (κ1) is 20.7. The summed E-state index contributed by atoms with van der Waals surface area (Å²) in [6, 6.07) is 0. The highest BCUT2D eigenvalue weighted by atomic mass is 35.5. The van der Waals surface area contributed by atoms with Gasteiger partial charge in [-0.2, -0.15) is 4.98 Å². The number of aliphatic hydroxyl groups is 1. The van der Waals surface area contributed by atoms with Crippen molar-refractivity contribution >= 4 is 34.2 Å². The summed E-state index contributed by atoms with van der Waals surface area (Å²) < 4.78 is 12.9. The molecule has 32 heavy (non-hydrogen) atoms. The number of nitrogens with zero attached hydrogens (tertiary/aromatic N) is 5. The van der Waals surface area contributed by atoms with Crippen LogP contribution in [0.5, 0.6) is 0 Å². The van der Waals surface area contributed by atoms with E-state index < -0.39 is 10.8 Å². The number of anilines is 2. The molecule has 6 rings (SSSR count). The molecule has 2 saturated carbocycles. The van der Waals surface area contributed by atoms with Crippen molar-refractivity contribution in [3.05, 3.63) is 28.9 Å². The molecule has 1 saturated heterocycles. The molecule has 4 aliphatic rings. The predicted molar refractivity (Wildman–Crippen MR) is 122 cm³/mol. The van der Waals surface area contributed by atoms with Crippen LogP contribution in [0.25, 0.3) is 0 Å². The number of hydrogen-bond acceptors (Lipinski definition) is 8. The Morgan fingerprint density at radius 3 is 2.50 bits per heavy atom. The van der Waals surface area contributed by atoms with Crippen LogP contribution < -0.4 is 10.2 Å². The van der Waals surface area contributed by atoms with Crippen molar-refractivity contribution in [1.29, 1.82) is 0 Å². The molecule has 2 aliphatic carbocycles. The van der Waals surface area contributed by atoms with E-state index in [2.05, 4.69) is 20.2 Å². The molecule has 3 atom stereocenters. The molecule has 0 aromatic carbocycles. The molecule has 2 unspecified atom stereocenters. The maximum Gasteiger partial charge on any atom is 0.227 e. The average Bonchev–Trinajstić information content (AvgIpc) is 3.11. The van der Waals surface area contributed by atoms with Crippen molar-refractivity contribution in [3.8, 4) is 0 Å². The molecule has 2 N–H and O–H groups in total. The van der Waals surface area contributed by atoms with Crippen molar-refractivity contribution in [2.45, 2.75) is 60.6 Å². The fraction of sp³-hybridized carbons (Fsp3) is 0.636. The maximum atomic E-state index is 13.2. The molecule has 2 aromatic heterocycles. The molecule has 3 fully saturated rings. The predicted octanol–water partition coefficient (Wildman–Crippen LogP) is 2.54. The highest BCUT2D eigenvalue weighted by Crippen LogP contribution is 2.57. The first-order chi connectivity index (χ1) is 15.3. The molecule has 4 heterocycles. The third kappa shape index (κ3) is 3.15. The molecular weight excluding hydrogens is 448 g/mol. The van der Waals surface area contributed by atoms with Crippen molar-refractivity contribution in [3.63, 3.8) is 0 Å². The largest absolute Gasteiger partial charge is 0.394 e. The fourth-order valence-corrected chi connectivity index (χ4v) is 7.04. The molecule has 2 aromatic rings.